The Morgan fingerprint density at radius 3 is 2.81 bits per heavy atom. The molecule has 1 amide bonds. The molecule has 1 aromatic carbocycles. The van der Waals surface area contributed by atoms with Gasteiger partial charge >= 0.3 is 0 Å². The van der Waals surface area contributed by atoms with Crippen molar-refractivity contribution >= 4 is 5.91 Å². The molecular formula is C16H18FNO3. The predicted octanol–water partition coefficient (Wildman–Crippen LogP) is 2.97. The second kappa shape index (κ2) is 6.54. The van der Waals surface area contributed by atoms with Gasteiger partial charge in [-0.1, -0.05) is 0 Å². The molecule has 4 nitrogen and oxygen atoms in total. The molecule has 2 atom stereocenters. The Hall–Kier alpha value is -2.14. The van der Waals surface area contributed by atoms with E-state index in [0.29, 0.717) is 23.3 Å². The van der Waals surface area contributed by atoms with Crippen molar-refractivity contribution < 1.29 is 18.7 Å². The van der Waals surface area contributed by atoms with Gasteiger partial charge in [-0.25, -0.2) is 4.39 Å². The van der Waals surface area contributed by atoms with Crippen LogP contribution in [0.15, 0.2) is 41.0 Å². The number of benzene rings is 1. The monoisotopic (exact) mass is 291 g/mol. The Labute approximate surface area is 122 Å². The van der Waals surface area contributed by atoms with Crippen molar-refractivity contribution in [1.82, 2.24) is 5.32 Å². The Morgan fingerprint density at radius 2 is 2.19 bits per heavy atom. The van der Waals surface area contributed by atoms with E-state index in [2.05, 4.69) is 5.32 Å². The average molecular weight is 291 g/mol. The lowest BCUT2D eigenvalue weighted by atomic mass is 10.1. The van der Waals surface area contributed by atoms with Crippen molar-refractivity contribution in [3.8, 4) is 0 Å². The second-order valence-electron chi connectivity index (χ2n) is 5.10. The summed E-state index contributed by atoms with van der Waals surface area (Å²) in [7, 11) is 0. The highest BCUT2D eigenvalue weighted by Crippen LogP contribution is 2.19. The molecule has 0 fully saturated rings. The normalized spacial score (nSPS) is 13.7. The van der Waals surface area contributed by atoms with E-state index in [1.165, 1.54) is 24.5 Å². The van der Waals surface area contributed by atoms with E-state index in [-0.39, 0.29) is 17.8 Å². The fraction of sp³-hybridized carbons (Fsp3) is 0.312. The average Bonchev–Trinajstić information content (AvgIpc) is 2.91. The van der Waals surface area contributed by atoms with Crippen LogP contribution >= 0.6 is 0 Å². The highest BCUT2D eigenvalue weighted by atomic mass is 19.1. The van der Waals surface area contributed by atoms with Gasteiger partial charge in [0.15, 0.2) is 0 Å². The Morgan fingerprint density at radius 1 is 1.43 bits per heavy atom. The molecule has 0 spiro atoms. The molecule has 0 aliphatic carbocycles. The minimum absolute atomic E-state index is 0.248. The molecule has 0 bridgehead atoms. The topological polar surface area (TPSA) is 62.5 Å². The third-order valence-electron chi connectivity index (χ3n) is 3.26. The fourth-order valence-electron chi connectivity index (χ4n) is 2.17. The summed E-state index contributed by atoms with van der Waals surface area (Å²) >= 11 is 0. The number of hydrogen-bond acceptors (Lipinski definition) is 3. The molecule has 0 radical (unpaired) electrons. The van der Waals surface area contributed by atoms with E-state index in [1.54, 1.807) is 26.0 Å². The van der Waals surface area contributed by atoms with Crippen LogP contribution in [-0.2, 0) is 0 Å². The van der Waals surface area contributed by atoms with Crippen LogP contribution in [0.1, 0.15) is 41.1 Å². The molecule has 21 heavy (non-hydrogen) atoms. The minimum atomic E-state index is -0.774. The molecule has 0 aliphatic heterocycles. The summed E-state index contributed by atoms with van der Waals surface area (Å²) in [6, 6.07) is 7.16. The minimum Gasteiger partial charge on any atom is -0.467 e. The lowest BCUT2D eigenvalue weighted by Crippen LogP contribution is -2.34. The van der Waals surface area contributed by atoms with Gasteiger partial charge in [-0.15, -0.1) is 0 Å². The smallest absolute Gasteiger partial charge is 0.251 e. The molecule has 2 unspecified atom stereocenters. The van der Waals surface area contributed by atoms with Gasteiger partial charge in [0.05, 0.1) is 6.26 Å². The van der Waals surface area contributed by atoms with Crippen molar-refractivity contribution in [3.05, 3.63) is 59.3 Å². The molecule has 0 saturated carbocycles. The van der Waals surface area contributed by atoms with Crippen molar-refractivity contribution in [2.75, 3.05) is 0 Å². The number of halogens is 1. The van der Waals surface area contributed by atoms with Crippen LogP contribution in [0, 0.1) is 12.7 Å². The van der Waals surface area contributed by atoms with Crippen LogP contribution in [-0.4, -0.2) is 17.1 Å². The molecule has 5 heteroatoms. The summed E-state index contributed by atoms with van der Waals surface area (Å²) in [5, 5.41) is 12.7. The van der Waals surface area contributed by atoms with E-state index in [0.717, 1.165) is 0 Å². The quantitative estimate of drug-likeness (QED) is 0.890. The largest absolute Gasteiger partial charge is 0.467 e. The van der Waals surface area contributed by atoms with Gasteiger partial charge < -0.3 is 14.8 Å². The summed E-state index contributed by atoms with van der Waals surface area (Å²) in [5.74, 6) is -0.189. The van der Waals surface area contributed by atoms with Gasteiger partial charge in [-0.05, 0) is 49.7 Å². The van der Waals surface area contributed by atoms with Crippen LogP contribution in [0.4, 0.5) is 4.39 Å². The summed E-state index contributed by atoms with van der Waals surface area (Å²) in [5.41, 5.74) is 1.00. The van der Waals surface area contributed by atoms with Crippen LogP contribution in [0.3, 0.4) is 0 Å². The highest BCUT2D eigenvalue weighted by Gasteiger charge is 2.18. The van der Waals surface area contributed by atoms with E-state index < -0.39 is 6.10 Å². The SMILES string of the molecule is Cc1cc(F)ccc1C(=O)NC(C)CC(O)c1ccco1. The van der Waals surface area contributed by atoms with Crippen LogP contribution in [0.5, 0.6) is 0 Å². The van der Waals surface area contributed by atoms with Crippen LogP contribution in [0.2, 0.25) is 0 Å². The molecule has 2 aromatic rings. The van der Waals surface area contributed by atoms with Crippen molar-refractivity contribution in [1.29, 1.82) is 0 Å². The highest BCUT2D eigenvalue weighted by molar-refractivity contribution is 5.95. The van der Waals surface area contributed by atoms with Crippen molar-refractivity contribution in [2.24, 2.45) is 0 Å². The zero-order chi connectivity index (χ0) is 15.4. The molecule has 0 saturated heterocycles. The summed E-state index contributed by atoms with van der Waals surface area (Å²) < 4.78 is 18.1. The van der Waals surface area contributed by atoms with E-state index >= 15 is 0 Å². The van der Waals surface area contributed by atoms with Gasteiger partial charge in [0.2, 0.25) is 0 Å². The Balaban J connectivity index is 1.96. The van der Waals surface area contributed by atoms with Crippen molar-refractivity contribution in [3.63, 3.8) is 0 Å². The van der Waals surface area contributed by atoms with E-state index in [4.69, 9.17) is 4.42 Å². The zero-order valence-corrected chi connectivity index (χ0v) is 12.0. The summed E-state index contributed by atoms with van der Waals surface area (Å²) in [6.07, 6.45) is 1.05. The van der Waals surface area contributed by atoms with Gasteiger partial charge in [0, 0.05) is 18.0 Å². The molecule has 1 heterocycles. The number of nitrogens with one attached hydrogen (secondary N) is 1. The molecule has 112 valence electrons. The third-order valence-corrected chi connectivity index (χ3v) is 3.26. The number of carbonyl (C=O) groups is 1. The number of hydrogen-bond donors (Lipinski definition) is 2. The number of furan rings is 1. The number of aryl methyl sites for hydroxylation is 1. The van der Waals surface area contributed by atoms with Gasteiger partial charge in [-0.3, -0.25) is 4.79 Å². The number of rotatable bonds is 5. The predicted molar refractivity (Wildman–Crippen MR) is 76.4 cm³/mol. The lowest BCUT2D eigenvalue weighted by molar-refractivity contribution is 0.0902. The molecule has 2 rings (SSSR count). The van der Waals surface area contributed by atoms with Gasteiger partial charge in [0.1, 0.15) is 17.7 Å². The number of aliphatic hydroxyl groups excluding tert-OH is 1. The van der Waals surface area contributed by atoms with Gasteiger partial charge in [0.25, 0.3) is 5.91 Å². The first kappa shape index (κ1) is 15.3. The third kappa shape index (κ3) is 3.92. The molecule has 1 aromatic heterocycles. The Kier molecular flexibility index (Phi) is 4.75. The van der Waals surface area contributed by atoms with Gasteiger partial charge in [-0.2, -0.15) is 0 Å². The zero-order valence-electron chi connectivity index (χ0n) is 12.0. The number of aliphatic hydroxyl groups is 1. The number of carbonyl (C=O) groups excluding carboxylic acids is 1. The Bertz CT molecular complexity index is 610. The maximum atomic E-state index is 13.0. The first-order valence-electron chi connectivity index (χ1n) is 6.76. The van der Waals surface area contributed by atoms with E-state index in [9.17, 15) is 14.3 Å². The summed E-state index contributed by atoms with van der Waals surface area (Å²) in [6.45, 7) is 3.48. The van der Waals surface area contributed by atoms with Crippen LogP contribution in [0.25, 0.3) is 0 Å². The molecule has 2 N–H and O–H groups in total. The summed E-state index contributed by atoms with van der Waals surface area (Å²) in [4.78, 5) is 12.1. The maximum Gasteiger partial charge on any atom is 0.251 e. The molecule has 0 aliphatic rings. The first-order valence-corrected chi connectivity index (χ1v) is 6.76. The van der Waals surface area contributed by atoms with Crippen LogP contribution < -0.4 is 5.32 Å². The lowest BCUT2D eigenvalue weighted by Gasteiger charge is -2.17. The fourth-order valence-corrected chi connectivity index (χ4v) is 2.17. The second-order valence-corrected chi connectivity index (χ2v) is 5.10. The molecular weight excluding hydrogens is 273 g/mol. The maximum absolute atomic E-state index is 13.0. The van der Waals surface area contributed by atoms with E-state index in [1.807, 2.05) is 0 Å². The number of amides is 1. The first-order chi connectivity index (χ1) is 9.97. The van der Waals surface area contributed by atoms with Crippen molar-refractivity contribution in [2.45, 2.75) is 32.4 Å². The standard InChI is InChI=1S/C16H18FNO3/c1-10-8-12(17)5-6-13(10)16(20)18-11(2)9-14(19)15-4-3-7-21-15/h3-8,11,14,19H,9H2,1-2H3,(H,18,20).